The van der Waals surface area contributed by atoms with E-state index in [1.165, 1.54) is 64.2 Å². The zero-order valence-electron chi connectivity index (χ0n) is 15.3. The molecule has 134 valence electrons. The van der Waals surface area contributed by atoms with Crippen molar-refractivity contribution in [2.24, 2.45) is 0 Å². The Bertz CT molecular complexity index is 467. The minimum atomic E-state index is 0.560. The van der Waals surface area contributed by atoms with Crippen molar-refractivity contribution in [2.45, 2.75) is 77.6 Å². The smallest absolute Gasteiger partial charge is 0.0640 e. The van der Waals surface area contributed by atoms with E-state index in [9.17, 15) is 0 Å². The van der Waals surface area contributed by atoms with E-state index in [0.717, 1.165) is 23.8 Å². The van der Waals surface area contributed by atoms with Crippen molar-refractivity contribution >= 4 is 17.3 Å². The average Bonchev–Trinajstić information content (AvgIpc) is 2.59. The fourth-order valence-corrected chi connectivity index (χ4v) is 3.20. The zero-order valence-corrected chi connectivity index (χ0v) is 16.0. The van der Waals surface area contributed by atoms with Crippen molar-refractivity contribution in [3.63, 3.8) is 0 Å². The predicted octanol–water partition coefficient (Wildman–Crippen LogP) is 6.98. The Hall–Kier alpha value is -1.20. The van der Waals surface area contributed by atoms with Crippen LogP contribution in [0.3, 0.4) is 0 Å². The van der Waals surface area contributed by atoms with Gasteiger partial charge in [0.25, 0.3) is 0 Å². The van der Waals surface area contributed by atoms with E-state index in [2.05, 4.69) is 24.0 Å². The summed E-state index contributed by atoms with van der Waals surface area (Å²) >= 11 is 6.10. The van der Waals surface area contributed by atoms with Crippen LogP contribution in [-0.2, 0) is 0 Å². The quantitative estimate of drug-likeness (QED) is 0.339. The van der Waals surface area contributed by atoms with Crippen LogP contribution in [0.2, 0.25) is 5.02 Å². The summed E-state index contributed by atoms with van der Waals surface area (Å²) in [5.74, 6) is 0. The average molecular weight is 349 g/mol. The van der Waals surface area contributed by atoms with E-state index in [-0.39, 0.29) is 0 Å². The highest BCUT2D eigenvalue weighted by atomic mass is 35.5. The molecule has 0 aromatic heterocycles. The molecule has 0 unspecified atom stereocenters. The Morgan fingerprint density at radius 2 is 1.54 bits per heavy atom. The molecule has 0 amide bonds. The molecule has 0 bridgehead atoms. The van der Waals surface area contributed by atoms with E-state index in [1.54, 1.807) is 0 Å². The molecule has 0 aliphatic heterocycles. The molecule has 0 atom stereocenters. The summed E-state index contributed by atoms with van der Waals surface area (Å²) in [5, 5.41) is 9.62. The highest BCUT2D eigenvalue weighted by Gasteiger charge is 2.06. The second-order valence-electron chi connectivity index (χ2n) is 6.56. The minimum absolute atomic E-state index is 0.560. The fourth-order valence-electron chi connectivity index (χ4n) is 3.02. The van der Waals surface area contributed by atoms with Crippen molar-refractivity contribution in [3.05, 3.63) is 29.3 Å². The molecule has 3 heteroatoms. The van der Waals surface area contributed by atoms with Gasteiger partial charge in [0.2, 0.25) is 0 Å². The molecule has 24 heavy (non-hydrogen) atoms. The summed E-state index contributed by atoms with van der Waals surface area (Å²) in [5.41, 5.74) is 1.13. The van der Waals surface area contributed by atoms with Crippen molar-refractivity contribution in [2.75, 3.05) is 18.0 Å². The van der Waals surface area contributed by atoms with Gasteiger partial charge in [0, 0.05) is 23.8 Å². The summed E-state index contributed by atoms with van der Waals surface area (Å²) in [7, 11) is 0. The van der Waals surface area contributed by atoms with Crippen molar-refractivity contribution < 1.29 is 0 Å². The van der Waals surface area contributed by atoms with Crippen molar-refractivity contribution in [1.82, 2.24) is 0 Å². The molecule has 0 saturated heterocycles. The summed E-state index contributed by atoms with van der Waals surface area (Å²) in [6, 6.07) is 10.2. The van der Waals surface area contributed by atoms with Gasteiger partial charge in [0.15, 0.2) is 0 Å². The minimum Gasteiger partial charge on any atom is -0.370 e. The Morgan fingerprint density at radius 1 is 0.917 bits per heavy atom. The molecule has 0 spiro atoms. The molecule has 2 nitrogen and oxygen atoms in total. The SMILES string of the molecule is CCCCCCCCCCCCN(CCC#N)c1cccc(Cl)c1. The number of nitriles is 1. The number of halogens is 1. The Balaban J connectivity index is 2.18. The van der Waals surface area contributed by atoms with Gasteiger partial charge < -0.3 is 4.90 Å². The van der Waals surface area contributed by atoms with Crippen molar-refractivity contribution in [3.8, 4) is 6.07 Å². The second kappa shape index (κ2) is 14.2. The lowest BCUT2D eigenvalue weighted by Crippen LogP contribution is -2.25. The monoisotopic (exact) mass is 348 g/mol. The van der Waals surface area contributed by atoms with E-state index in [0.29, 0.717) is 6.42 Å². The molecule has 0 heterocycles. The number of unbranched alkanes of at least 4 members (excludes halogenated alkanes) is 9. The van der Waals surface area contributed by atoms with Crippen LogP contribution in [0.5, 0.6) is 0 Å². The Kier molecular flexibility index (Phi) is 12.3. The number of hydrogen-bond acceptors (Lipinski definition) is 2. The number of nitrogens with zero attached hydrogens (tertiary/aromatic N) is 2. The lowest BCUT2D eigenvalue weighted by molar-refractivity contribution is 0.554. The van der Waals surface area contributed by atoms with Gasteiger partial charge >= 0.3 is 0 Å². The van der Waals surface area contributed by atoms with Gasteiger partial charge in [-0.15, -0.1) is 0 Å². The van der Waals surface area contributed by atoms with Crippen LogP contribution in [0.15, 0.2) is 24.3 Å². The van der Waals surface area contributed by atoms with Crippen LogP contribution in [0.4, 0.5) is 5.69 Å². The first kappa shape index (κ1) is 20.8. The summed E-state index contributed by atoms with van der Waals surface area (Å²) in [6.07, 6.45) is 14.0. The third kappa shape index (κ3) is 9.83. The van der Waals surface area contributed by atoms with Gasteiger partial charge in [0.1, 0.15) is 0 Å². The normalized spacial score (nSPS) is 10.5. The third-order valence-corrected chi connectivity index (χ3v) is 4.68. The van der Waals surface area contributed by atoms with Gasteiger partial charge in [0.05, 0.1) is 12.5 Å². The maximum atomic E-state index is 8.86. The molecule has 1 aromatic carbocycles. The van der Waals surface area contributed by atoms with E-state index in [4.69, 9.17) is 16.9 Å². The predicted molar refractivity (Wildman–Crippen MR) is 106 cm³/mol. The van der Waals surface area contributed by atoms with Crippen molar-refractivity contribution in [1.29, 1.82) is 5.26 Å². The molecular formula is C21H33ClN2. The number of rotatable bonds is 14. The van der Waals surface area contributed by atoms with Crippen LogP contribution < -0.4 is 4.90 Å². The lowest BCUT2D eigenvalue weighted by Gasteiger charge is -2.24. The summed E-state index contributed by atoms with van der Waals surface area (Å²) < 4.78 is 0. The van der Waals surface area contributed by atoms with Crippen LogP contribution >= 0.6 is 11.6 Å². The number of anilines is 1. The van der Waals surface area contributed by atoms with Crippen LogP contribution in [0.1, 0.15) is 77.6 Å². The zero-order chi connectivity index (χ0) is 17.5. The maximum absolute atomic E-state index is 8.86. The molecule has 0 N–H and O–H groups in total. The topological polar surface area (TPSA) is 27.0 Å². The van der Waals surface area contributed by atoms with Crippen LogP contribution in [0.25, 0.3) is 0 Å². The van der Waals surface area contributed by atoms with Crippen LogP contribution in [-0.4, -0.2) is 13.1 Å². The second-order valence-corrected chi connectivity index (χ2v) is 6.99. The molecule has 0 saturated carbocycles. The Morgan fingerprint density at radius 3 is 2.12 bits per heavy atom. The first-order valence-corrected chi connectivity index (χ1v) is 10.0. The Labute approximate surface area is 153 Å². The molecule has 1 aromatic rings. The highest BCUT2D eigenvalue weighted by molar-refractivity contribution is 6.30. The highest BCUT2D eigenvalue weighted by Crippen LogP contribution is 2.20. The summed E-state index contributed by atoms with van der Waals surface area (Å²) in [4.78, 5) is 2.29. The number of benzene rings is 1. The van der Waals surface area contributed by atoms with E-state index < -0.39 is 0 Å². The maximum Gasteiger partial charge on any atom is 0.0640 e. The molecule has 1 rings (SSSR count). The number of hydrogen-bond donors (Lipinski definition) is 0. The largest absolute Gasteiger partial charge is 0.370 e. The van der Waals surface area contributed by atoms with Gasteiger partial charge in [-0.1, -0.05) is 82.4 Å². The van der Waals surface area contributed by atoms with E-state index >= 15 is 0 Å². The first-order valence-electron chi connectivity index (χ1n) is 9.65. The molecule has 0 radical (unpaired) electrons. The molecule has 0 fully saturated rings. The standard InChI is InChI=1S/C21H33ClN2/c1-2-3-4-5-6-7-8-9-10-11-17-24(18-13-16-23)21-15-12-14-20(22)19-21/h12,14-15,19H,2-11,13,17-18H2,1H3. The van der Waals surface area contributed by atoms with Gasteiger partial charge in [-0.2, -0.15) is 5.26 Å². The third-order valence-electron chi connectivity index (χ3n) is 4.45. The molecule has 0 aliphatic carbocycles. The molecule has 0 aliphatic rings. The van der Waals surface area contributed by atoms with Gasteiger partial charge in [-0.25, -0.2) is 0 Å². The molecular weight excluding hydrogens is 316 g/mol. The summed E-state index contributed by atoms with van der Waals surface area (Å²) in [6.45, 7) is 4.07. The fraction of sp³-hybridized carbons (Fsp3) is 0.667. The van der Waals surface area contributed by atoms with Gasteiger partial charge in [-0.05, 0) is 24.6 Å². The van der Waals surface area contributed by atoms with Crippen LogP contribution in [0, 0.1) is 11.3 Å². The lowest BCUT2D eigenvalue weighted by atomic mass is 10.1. The van der Waals surface area contributed by atoms with Gasteiger partial charge in [-0.3, -0.25) is 0 Å². The first-order chi connectivity index (χ1) is 11.8. The van der Waals surface area contributed by atoms with E-state index in [1.807, 2.05) is 18.2 Å².